The van der Waals surface area contributed by atoms with Gasteiger partial charge in [0.1, 0.15) is 0 Å². The molecule has 1 aliphatic carbocycles. The lowest BCUT2D eigenvalue weighted by Gasteiger charge is -2.31. The number of benzene rings is 1. The van der Waals surface area contributed by atoms with Crippen LogP contribution in [-0.4, -0.2) is 44.5 Å². The molecule has 0 saturated heterocycles. The monoisotopic (exact) mass is 458 g/mol. The lowest BCUT2D eigenvalue weighted by atomic mass is 9.84. The first kappa shape index (κ1) is 21.7. The molecule has 0 aromatic heterocycles. The molecular formula is C19H31IN4O. The molecule has 2 N–H and O–H groups in total. The van der Waals surface area contributed by atoms with Crippen LogP contribution in [0.2, 0.25) is 0 Å². The summed E-state index contributed by atoms with van der Waals surface area (Å²) in [5.41, 5.74) is 2.18. The summed E-state index contributed by atoms with van der Waals surface area (Å²) in [5, 5.41) is 6.70. The highest BCUT2D eigenvalue weighted by molar-refractivity contribution is 14.0. The lowest BCUT2D eigenvalue weighted by molar-refractivity contribution is -0.138. The summed E-state index contributed by atoms with van der Waals surface area (Å²) in [7, 11) is 5.45. The molecule has 0 spiro atoms. The molecule has 1 aliphatic rings. The van der Waals surface area contributed by atoms with E-state index < -0.39 is 0 Å². The van der Waals surface area contributed by atoms with Crippen LogP contribution in [0.3, 0.4) is 0 Å². The Hall–Kier alpha value is -1.31. The Bertz CT molecular complexity index is 595. The second-order valence-corrected chi connectivity index (χ2v) is 6.96. The molecule has 0 unspecified atom stereocenters. The van der Waals surface area contributed by atoms with Crippen molar-refractivity contribution in [2.45, 2.75) is 39.2 Å². The van der Waals surface area contributed by atoms with E-state index in [1.165, 1.54) is 11.1 Å². The standard InChI is InChI=1S/C19H30N4O.HI/c1-15-8-7-9-16(12-15)13-21-18(20-2)22-14-19(10-5-6-11-19)17(24)23(3)4;/h7-9,12H,5-6,10-11,13-14H2,1-4H3,(H2,20,21,22);1H. The number of nitrogens with zero attached hydrogens (tertiary/aromatic N) is 2. The van der Waals surface area contributed by atoms with Gasteiger partial charge in [0.15, 0.2) is 5.96 Å². The van der Waals surface area contributed by atoms with Gasteiger partial charge in [0.2, 0.25) is 5.91 Å². The minimum absolute atomic E-state index is 0. The molecule has 0 aliphatic heterocycles. The molecule has 2 rings (SSSR count). The first-order valence-corrected chi connectivity index (χ1v) is 8.69. The van der Waals surface area contributed by atoms with E-state index in [1.54, 1.807) is 11.9 Å². The van der Waals surface area contributed by atoms with Crippen LogP contribution in [0, 0.1) is 12.3 Å². The predicted molar refractivity (Wildman–Crippen MR) is 114 cm³/mol. The number of aliphatic imine (C=N–C) groups is 1. The highest BCUT2D eigenvalue weighted by atomic mass is 127. The van der Waals surface area contributed by atoms with Crippen LogP contribution in [0.4, 0.5) is 0 Å². The summed E-state index contributed by atoms with van der Waals surface area (Å²) >= 11 is 0. The van der Waals surface area contributed by atoms with Gasteiger partial charge >= 0.3 is 0 Å². The number of aryl methyl sites for hydroxylation is 1. The van der Waals surface area contributed by atoms with E-state index in [-0.39, 0.29) is 35.3 Å². The summed E-state index contributed by atoms with van der Waals surface area (Å²) in [4.78, 5) is 18.6. The van der Waals surface area contributed by atoms with E-state index in [4.69, 9.17) is 0 Å². The van der Waals surface area contributed by atoms with Crippen LogP contribution in [0.5, 0.6) is 0 Å². The molecule has 25 heavy (non-hydrogen) atoms. The first-order chi connectivity index (χ1) is 11.5. The molecule has 140 valence electrons. The maximum absolute atomic E-state index is 12.6. The Morgan fingerprint density at radius 3 is 2.48 bits per heavy atom. The average Bonchev–Trinajstić information content (AvgIpc) is 3.04. The molecule has 0 atom stereocenters. The molecule has 1 fully saturated rings. The second kappa shape index (κ2) is 9.99. The van der Waals surface area contributed by atoms with E-state index in [2.05, 4.69) is 46.8 Å². The fourth-order valence-electron chi connectivity index (χ4n) is 3.47. The van der Waals surface area contributed by atoms with Crippen molar-refractivity contribution in [3.05, 3.63) is 35.4 Å². The minimum Gasteiger partial charge on any atom is -0.355 e. The largest absolute Gasteiger partial charge is 0.355 e. The van der Waals surface area contributed by atoms with Crippen molar-refractivity contribution in [1.82, 2.24) is 15.5 Å². The van der Waals surface area contributed by atoms with Crippen LogP contribution >= 0.6 is 24.0 Å². The fourth-order valence-corrected chi connectivity index (χ4v) is 3.47. The minimum atomic E-state index is -0.287. The van der Waals surface area contributed by atoms with Crippen molar-refractivity contribution in [2.24, 2.45) is 10.4 Å². The SMILES string of the molecule is CN=C(NCc1cccc(C)c1)NCC1(C(=O)N(C)C)CCCC1.I. The lowest BCUT2D eigenvalue weighted by Crippen LogP contribution is -2.49. The van der Waals surface area contributed by atoms with Gasteiger partial charge in [-0.2, -0.15) is 0 Å². The zero-order valence-corrected chi connectivity index (χ0v) is 18.1. The summed E-state index contributed by atoms with van der Waals surface area (Å²) in [6.45, 7) is 3.45. The van der Waals surface area contributed by atoms with Crippen LogP contribution in [0.15, 0.2) is 29.3 Å². The predicted octanol–water partition coefficient (Wildman–Crippen LogP) is 2.93. The van der Waals surface area contributed by atoms with Crippen molar-refractivity contribution >= 4 is 35.8 Å². The summed E-state index contributed by atoms with van der Waals surface area (Å²) in [5.74, 6) is 0.968. The number of carbonyl (C=O) groups excluding carboxylic acids is 1. The van der Waals surface area contributed by atoms with Gasteiger partial charge in [-0.3, -0.25) is 9.79 Å². The molecule has 1 amide bonds. The number of halogens is 1. The number of nitrogens with one attached hydrogen (secondary N) is 2. The van der Waals surface area contributed by atoms with Gasteiger partial charge in [-0.05, 0) is 25.3 Å². The summed E-state index contributed by atoms with van der Waals surface area (Å²) in [6.07, 6.45) is 4.14. The zero-order valence-electron chi connectivity index (χ0n) is 15.8. The topological polar surface area (TPSA) is 56.7 Å². The van der Waals surface area contributed by atoms with Gasteiger partial charge in [0.25, 0.3) is 0 Å². The van der Waals surface area contributed by atoms with Crippen molar-refractivity contribution in [3.63, 3.8) is 0 Å². The van der Waals surface area contributed by atoms with Crippen LogP contribution in [0.25, 0.3) is 0 Å². The molecule has 1 aromatic carbocycles. The zero-order chi connectivity index (χ0) is 17.6. The van der Waals surface area contributed by atoms with Crippen LogP contribution < -0.4 is 10.6 Å². The van der Waals surface area contributed by atoms with Crippen molar-refractivity contribution in [3.8, 4) is 0 Å². The smallest absolute Gasteiger partial charge is 0.230 e. The molecule has 0 bridgehead atoms. The van der Waals surface area contributed by atoms with E-state index in [9.17, 15) is 4.79 Å². The van der Waals surface area contributed by atoms with E-state index in [0.29, 0.717) is 6.54 Å². The highest BCUT2D eigenvalue weighted by Gasteiger charge is 2.42. The van der Waals surface area contributed by atoms with Gasteiger partial charge in [-0.25, -0.2) is 0 Å². The normalized spacial score (nSPS) is 16.1. The van der Waals surface area contributed by atoms with E-state index >= 15 is 0 Å². The van der Waals surface area contributed by atoms with Gasteiger partial charge in [-0.15, -0.1) is 24.0 Å². The average molecular weight is 458 g/mol. The van der Waals surface area contributed by atoms with Crippen LogP contribution in [0.1, 0.15) is 36.8 Å². The number of carbonyl (C=O) groups is 1. The third-order valence-corrected chi connectivity index (χ3v) is 4.78. The van der Waals surface area contributed by atoms with Crippen molar-refractivity contribution in [2.75, 3.05) is 27.7 Å². The second-order valence-electron chi connectivity index (χ2n) is 6.96. The summed E-state index contributed by atoms with van der Waals surface area (Å²) < 4.78 is 0. The molecule has 0 radical (unpaired) electrons. The fraction of sp³-hybridized carbons (Fsp3) is 0.579. The summed E-state index contributed by atoms with van der Waals surface area (Å²) in [6, 6.07) is 8.41. The number of rotatable bonds is 5. The number of guanidine groups is 1. The molecule has 0 heterocycles. The Balaban J connectivity index is 0.00000312. The first-order valence-electron chi connectivity index (χ1n) is 8.69. The molecule has 1 saturated carbocycles. The van der Waals surface area contributed by atoms with Crippen molar-refractivity contribution in [1.29, 1.82) is 0 Å². The highest BCUT2D eigenvalue weighted by Crippen LogP contribution is 2.38. The molecule has 1 aromatic rings. The third kappa shape index (κ3) is 5.87. The Morgan fingerprint density at radius 2 is 1.92 bits per heavy atom. The van der Waals surface area contributed by atoms with E-state index in [0.717, 1.165) is 38.2 Å². The van der Waals surface area contributed by atoms with Gasteiger partial charge in [-0.1, -0.05) is 42.7 Å². The Labute approximate surface area is 168 Å². The van der Waals surface area contributed by atoms with Gasteiger partial charge < -0.3 is 15.5 Å². The van der Waals surface area contributed by atoms with Gasteiger partial charge in [0.05, 0.1) is 5.41 Å². The molecule has 6 heteroatoms. The number of amides is 1. The Morgan fingerprint density at radius 1 is 1.24 bits per heavy atom. The maximum atomic E-state index is 12.6. The number of hydrogen-bond donors (Lipinski definition) is 2. The van der Waals surface area contributed by atoms with E-state index in [1.807, 2.05) is 14.1 Å². The maximum Gasteiger partial charge on any atom is 0.230 e. The third-order valence-electron chi connectivity index (χ3n) is 4.78. The quantitative estimate of drug-likeness (QED) is 0.406. The number of hydrogen-bond acceptors (Lipinski definition) is 2. The molecule has 5 nitrogen and oxygen atoms in total. The molecular weight excluding hydrogens is 427 g/mol. The van der Waals surface area contributed by atoms with Gasteiger partial charge in [0, 0.05) is 34.2 Å². The Kier molecular flexibility index (Phi) is 8.68. The van der Waals surface area contributed by atoms with Crippen LogP contribution in [-0.2, 0) is 11.3 Å². The van der Waals surface area contributed by atoms with Crippen molar-refractivity contribution < 1.29 is 4.79 Å².